The highest BCUT2D eigenvalue weighted by molar-refractivity contribution is 7.89. The lowest BCUT2D eigenvalue weighted by atomic mass is 10.1. The van der Waals surface area contributed by atoms with Crippen molar-refractivity contribution in [1.29, 1.82) is 0 Å². The molecule has 4 rings (SSSR count). The molecule has 0 radical (unpaired) electrons. The Morgan fingerprint density at radius 2 is 1.94 bits per heavy atom. The monoisotopic (exact) mass is 446 g/mol. The van der Waals surface area contributed by atoms with E-state index in [0.717, 1.165) is 17.4 Å². The summed E-state index contributed by atoms with van der Waals surface area (Å²) >= 11 is 0. The van der Waals surface area contributed by atoms with E-state index in [1.807, 2.05) is 12.1 Å². The van der Waals surface area contributed by atoms with Gasteiger partial charge in [0.05, 0.1) is 11.9 Å². The second kappa shape index (κ2) is 8.20. The minimum atomic E-state index is -4.04. The predicted octanol–water partition coefficient (Wildman–Crippen LogP) is 3.27. The van der Waals surface area contributed by atoms with Gasteiger partial charge in [-0.1, -0.05) is 30.3 Å². The zero-order chi connectivity index (χ0) is 22.2. The van der Waals surface area contributed by atoms with Crippen LogP contribution in [-0.4, -0.2) is 30.7 Å². The van der Waals surface area contributed by atoms with Gasteiger partial charge in [-0.15, -0.1) is 0 Å². The van der Waals surface area contributed by atoms with Crippen LogP contribution in [0.15, 0.2) is 59.6 Å². The van der Waals surface area contributed by atoms with Crippen LogP contribution in [0, 0.1) is 6.92 Å². The van der Waals surface area contributed by atoms with E-state index < -0.39 is 16.6 Å². The number of halogens is 2. The first kappa shape index (κ1) is 21.1. The van der Waals surface area contributed by atoms with Crippen molar-refractivity contribution in [1.82, 2.24) is 14.5 Å². The number of sulfonamides is 1. The number of hydrogen-bond acceptors (Lipinski definition) is 4. The van der Waals surface area contributed by atoms with Crippen LogP contribution in [0.5, 0.6) is 0 Å². The minimum Gasteiger partial charge on any atom is -0.308 e. The van der Waals surface area contributed by atoms with Gasteiger partial charge in [0.15, 0.2) is 0 Å². The molecule has 1 aliphatic heterocycles. The molecule has 1 amide bonds. The van der Waals surface area contributed by atoms with Crippen molar-refractivity contribution in [3.8, 4) is 0 Å². The van der Waals surface area contributed by atoms with Crippen LogP contribution < -0.4 is 9.62 Å². The number of nitrogens with one attached hydrogen (secondary N) is 1. The molecule has 0 atom stereocenters. The third-order valence-electron chi connectivity index (χ3n) is 5.25. The summed E-state index contributed by atoms with van der Waals surface area (Å²) < 4.78 is 53.7. The topological polar surface area (TPSA) is 84.3 Å². The second-order valence-corrected chi connectivity index (χ2v) is 8.91. The first-order valence-electron chi connectivity index (χ1n) is 9.58. The number of fused-ring (bicyclic) bond motifs is 1. The highest BCUT2D eigenvalue weighted by Gasteiger charge is 2.27. The van der Waals surface area contributed by atoms with Crippen molar-refractivity contribution >= 4 is 21.6 Å². The number of aromatic nitrogens is 2. The molecule has 0 saturated heterocycles. The van der Waals surface area contributed by atoms with Gasteiger partial charge in [0.25, 0.3) is 5.91 Å². The number of amides is 1. The minimum absolute atomic E-state index is 0.0533. The van der Waals surface area contributed by atoms with E-state index in [1.165, 1.54) is 6.92 Å². The van der Waals surface area contributed by atoms with Gasteiger partial charge >= 0.3 is 6.55 Å². The molecule has 1 N–H and O–H groups in total. The normalized spacial score (nSPS) is 13.6. The molecule has 0 unspecified atom stereocenters. The molecule has 2 heterocycles. The number of benzene rings is 2. The summed E-state index contributed by atoms with van der Waals surface area (Å²) in [5, 5.41) is 3.45. The molecule has 0 fully saturated rings. The zero-order valence-corrected chi connectivity index (χ0v) is 17.4. The van der Waals surface area contributed by atoms with Crippen molar-refractivity contribution in [2.45, 2.75) is 31.3 Å². The van der Waals surface area contributed by atoms with E-state index in [1.54, 1.807) is 41.3 Å². The number of rotatable bonds is 6. The lowest BCUT2D eigenvalue weighted by Gasteiger charge is -2.18. The van der Waals surface area contributed by atoms with Gasteiger partial charge in [0.1, 0.15) is 4.90 Å². The Morgan fingerprint density at radius 3 is 2.61 bits per heavy atom. The lowest BCUT2D eigenvalue weighted by Crippen LogP contribution is -2.29. The Kier molecular flexibility index (Phi) is 5.59. The predicted molar refractivity (Wildman–Crippen MR) is 111 cm³/mol. The summed E-state index contributed by atoms with van der Waals surface area (Å²) in [6.07, 6.45) is 1.62. The summed E-state index contributed by atoms with van der Waals surface area (Å²) in [6, 6.07) is 14.4. The van der Waals surface area contributed by atoms with E-state index >= 15 is 0 Å². The molecule has 10 heteroatoms. The molecule has 1 aromatic heterocycles. The van der Waals surface area contributed by atoms with Crippen LogP contribution in [0.4, 0.5) is 14.5 Å². The highest BCUT2D eigenvalue weighted by atomic mass is 32.2. The molecule has 0 spiro atoms. The third kappa shape index (κ3) is 4.08. The highest BCUT2D eigenvalue weighted by Crippen LogP contribution is 2.30. The maximum absolute atomic E-state index is 12.9. The van der Waals surface area contributed by atoms with Crippen molar-refractivity contribution in [2.24, 2.45) is 0 Å². The van der Waals surface area contributed by atoms with Gasteiger partial charge in [-0.05, 0) is 42.7 Å². The Morgan fingerprint density at radius 1 is 1.19 bits per heavy atom. The van der Waals surface area contributed by atoms with Gasteiger partial charge in [-0.2, -0.15) is 13.9 Å². The first-order valence-corrected chi connectivity index (χ1v) is 11.1. The average Bonchev–Trinajstić information content (AvgIpc) is 3.36. The molecular weight excluding hydrogens is 426 g/mol. The maximum Gasteiger partial charge on any atom is 0.333 e. The number of nitrogens with zero attached hydrogens (tertiary/aromatic N) is 3. The van der Waals surface area contributed by atoms with Gasteiger partial charge in [-0.3, -0.25) is 4.79 Å². The molecule has 3 aromatic rings. The SMILES string of the molecule is Cc1c(S(=O)(=O)NCc2ccc3c(c2)N(C(=O)c2ccccc2)CC3)cnn1C(F)F. The van der Waals surface area contributed by atoms with E-state index in [9.17, 15) is 22.0 Å². The van der Waals surface area contributed by atoms with Crippen LogP contribution in [0.1, 0.15) is 33.7 Å². The summed E-state index contributed by atoms with van der Waals surface area (Å²) in [4.78, 5) is 14.2. The van der Waals surface area contributed by atoms with Gasteiger partial charge in [-0.25, -0.2) is 17.8 Å². The Labute approximate surface area is 178 Å². The number of alkyl halides is 2. The number of anilines is 1. The fraction of sp³-hybridized carbons (Fsp3) is 0.238. The first-order chi connectivity index (χ1) is 14.8. The fourth-order valence-corrected chi connectivity index (χ4v) is 4.79. The molecule has 0 aliphatic carbocycles. The van der Waals surface area contributed by atoms with E-state index in [2.05, 4.69) is 9.82 Å². The lowest BCUT2D eigenvalue weighted by molar-refractivity contribution is 0.0541. The molecule has 0 bridgehead atoms. The van der Waals surface area contributed by atoms with Crippen LogP contribution >= 0.6 is 0 Å². The maximum atomic E-state index is 12.9. The number of carbonyl (C=O) groups is 1. The number of hydrogen-bond donors (Lipinski definition) is 1. The summed E-state index contributed by atoms with van der Waals surface area (Å²) in [6.45, 7) is -1.16. The molecule has 1 aliphatic rings. The molecule has 2 aromatic carbocycles. The van der Waals surface area contributed by atoms with Gasteiger partial charge in [0, 0.05) is 24.3 Å². The van der Waals surface area contributed by atoms with E-state index in [-0.39, 0.29) is 23.0 Å². The van der Waals surface area contributed by atoms with Crippen molar-refractivity contribution < 1.29 is 22.0 Å². The van der Waals surface area contributed by atoms with E-state index in [4.69, 9.17) is 0 Å². The number of carbonyl (C=O) groups excluding carboxylic acids is 1. The van der Waals surface area contributed by atoms with Crippen LogP contribution in [-0.2, 0) is 23.0 Å². The standard InChI is InChI=1S/C21H20F2N4O3S/c1-14-19(13-24-27(14)21(22)23)31(29,30)25-12-15-7-8-16-9-10-26(18(16)11-15)20(28)17-5-3-2-4-6-17/h2-8,11,13,21,25H,9-10,12H2,1H3. The van der Waals surface area contributed by atoms with Crippen molar-refractivity contribution in [3.63, 3.8) is 0 Å². The smallest absolute Gasteiger partial charge is 0.308 e. The van der Waals surface area contributed by atoms with Gasteiger partial charge in [0.2, 0.25) is 10.0 Å². The van der Waals surface area contributed by atoms with Gasteiger partial charge < -0.3 is 4.90 Å². The van der Waals surface area contributed by atoms with E-state index in [0.29, 0.717) is 28.8 Å². The van der Waals surface area contributed by atoms with Crippen molar-refractivity contribution in [2.75, 3.05) is 11.4 Å². The molecule has 7 nitrogen and oxygen atoms in total. The van der Waals surface area contributed by atoms with Crippen LogP contribution in [0.25, 0.3) is 0 Å². The average molecular weight is 446 g/mol. The summed E-state index contributed by atoms with van der Waals surface area (Å²) in [5.41, 5.74) is 2.83. The van der Waals surface area contributed by atoms with Crippen molar-refractivity contribution in [3.05, 3.63) is 77.1 Å². The Bertz CT molecular complexity index is 1230. The molecule has 0 saturated carbocycles. The Hall–Kier alpha value is -3.11. The Balaban J connectivity index is 1.53. The largest absolute Gasteiger partial charge is 0.333 e. The van der Waals surface area contributed by atoms with Crippen LogP contribution in [0.2, 0.25) is 0 Å². The summed E-state index contributed by atoms with van der Waals surface area (Å²) in [7, 11) is -4.04. The quantitative estimate of drug-likeness (QED) is 0.630. The van der Waals surface area contributed by atoms with Crippen LogP contribution in [0.3, 0.4) is 0 Å². The second-order valence-electron chi connectivity index (χ2n) is 7.18. The molecule has 31 heavy (non-hydrogen) atoms. The summed E-state index contributed by atoms with van der Waals surface area (Å²) in [5.74, 6) is -0.118. The third-order valence-corrected chi connectivity index (χ3v) is 6.76. The fourth-order valence-electron chi connectivity index (χ4n) is 3.61. The molecule has 162 valence electrons. The zero-order valence-electron chi connectivity index (χ0n) is 16.6. The molecular formula is C21H20F2N4O3S.